The van der Waals surface area contributed by atoms with Gasteiger partial charge >= 0.3 is 5.97 Å². The minimum Gasteiger partial charge on any atom is -0.497 e. The second-order valence-electron chi connectivity index (χ2n) is 7.43. The molecule has 0 aliphatic carbocycles. The van der Waals surface area contributed by atoms with E-state index < -0.39 is 34.6 Å². The maximum Gasteiger partial charge on any atom is 0.305 e. The van der Waals surface area contributed by atoms with Crippen molar-refractivity contribution in [3.05, 3.63) is 60.4 Å². The lowest BCUT2D eigenvalue weighted by molar-refractivity contribution is -0.138. The van der Waals surface area contributed by atoms with Crippen LogP contribution in [0.1, 0.15) is 18.9 Å². The summed E-state index contributed by atoms with van der Waals surface area (Å²) in [5.41, 5.74) is 0.938. The number of carbonyl (C=O) groups is 2. The second-order valence-corrected chi connectivity index (χ2v) is 9.11. The largest absolute Gasteiger partial charge is 0.497 e. The molecule has 0 saturated carbocycles. The number of carboxylic acid groups (broad SMARTS) is 1. The van der Waals surface area contributed by atoms with Crippen molar-refractivity contribution in [3.63, 3.8) is 0 Å². The number of carbonyl (C=O) groups excluding carboxylic acids is 1. The summed E-state index contributed by atoms with van der Waals surface area (Å²) in [6.45, 7) is 1.80. The average Bonchev–Trinajstić information content (AvgIpc) is 2.78. The highest BCUT2D eigenvalue weighted by atomic mass is 32.2. The highest BCUT2D eigenvalue weighted by Gasteiger charge is 2.26. The summed E-state index contributed by atoms with van der Waals surface area (Å²) < 4.78 is 39.1. The number of ether oxygens (including phenoxy) is 2. The summed E-state index contributed by atoms with van der Waals surface area (Å²) in [7, 11) is -2.83. The molecule has 1 heterocycles. The fourth-order valence-corrected chi connectivity index (χ4v) is 4.69. The summed E-state index contributed by atoms with van der Waals surface area (Å²) in [6.07, 6.45) is 3.08. The lowest BCUT2D eigenvalue weighted by Gasteiger charge is -2.20. The van der Waals surface area contributed by atoms with E-state index in [9.17, 15) is 18.0 Å². The van der Waals surface area contributed by atoms with E-state index in [2.05, 4.69) is 9.71 Å². The molecule has 0 bridgehead atoms. The number of sulfonamides is 1. The van der Waals surface area contributed by atoms with Crippen LogP contribution < -0.4 is 14.2 Å². The van der Waals surface area contributed by atoms with Crippen molar-refractivity contribution in [1.82, 2.24) is 9.71 Å². The van der Waals surface area contributed by atoms with Gasteiger partial charge in [-0.3, -0.25) is 9.78 Å². The maximum absolute atomic E-state index is 12.9. The zero-order valence-electron chi connectivity index (χ0n) is 18.1. The van der Waals surface area contributed by atoms with Gasteiger partial charge in [0.05, 0.1) is 19.6 Å². The normalized spacial score (nSPS) is 13.3. The Morgan fingerprint density at radius 3 is 2.67 bits per heavy atom. The third kappa shape index (κ3) is 6.05. The minimum absolute atomic E-state index is 0.0162. The van der Waals surface area contributed by atoms with E-state index in [0.29, 0.717) is 12.2 Å². The fraction of sp³-hybridized carbons (Fsp3) is 0.261. The standard InChI is InChI=1S/C23H24N2O7S/c1-15(9-17-13-24-12-16-5-3-4-6-20(16)17)32-21-11-19(31-2)7-8-22(21)33(29,30)25-18(14-26)10-23(27)28/h3-8,11-15,18,25H,9-10H2,1-2H3,(H,27,28). The van der Waals surface area contributed by atoms with Crippen molar-refractivity contribution in [2.24, 2.45) is 0 Å². The number of aliphatic carboxylic acids is 1. The highest BCUT2D eigenvalue weighted by molar-refractivity contribution is 7.89. The third-order valence-electron chi connectivity index (χ3n) is 4.89. The molecular weight excluding hydrogens is 448 g/mol. The number of nitrogens with one attached hydrogen (secondary N) is 1. The summed E-state index contributed by atoms with van der Waals surface area (Å²) in [5, 5.41) is 10.9. The number of pyridine rings is 1. The number of fused-ring (bicyclic) bond motifs is 1. The number of methoxy groups -OCH3 is 1. The van der Waals surface area contributed by atoms with Crippen LogP contribution in [0.3, 0.4) is 0 Å². The van der Waals surface area contributed by atoms with Gasteiger partial charge in [0.1, 0.15) is 28.8 Å². The van der Waals surface area contributed by atoms with Gasteiger partial charge in [-0.1, -0.05) is 24.3 Å². The Balaban J connectivity index is 1.88. The van der Waals surface area contributed by atoms with E-state index in [0.717, 1.165) is 16.3 Å². The molecule has 0 amide bonds. The predicted octanol–water partition coefficient (Wildman–Crippen LogP) is 2.57. The Morgan fingerprint density at radius 1 is 1.21 bits per heavy atom. The zero-order valence-corrected chi connectivity index (χ0v) is 18.9. The molecule has 2 atom stereocenters. The number of nitrogens with zero attached hydrogens (tertiary/aromatic N) is 1. The van der Waals surface area contributed by atoms with E-state index in [1.165, 1.54) is 25.3 Å². The molecule has 2 aromatic carbocycles. The van der Waals surface area contributed by atoms with Gasteiger partial charge in [0.2, 0.25) is 10.0 Å². The average molecular weight is 473 g/mol. The first-order chi connectivity index (χ1) is 15.7. The predicted molar refractivity (Wildman–Crippen MR) is 121 cm³/mol. The molecule has 10 heteroatoms. The summed E-state index contributed by atoms with van der Waals surface area (Å²) in [5.74, 6) is -0.915. The Labute approximate surface area is 191 Å². The van der Waals surface area contributed by atoms with Gasteiger partial charge in [-0.25, -0.2) is 13.1 Å². The van der Waals surface area contributed by atoms with Gasteiger partial charge in [0, 0.05) is 30.3 Å². The van der Waals surface area contributed by atoms with Crippen molar-refractivity contribution < 1.29 is 32.6 Å². The van der Waals surface area contributed by atoms with Gasteiger partial charge < -0.3 is 19.4 Å². The molecule has 9 nitrogen and oxygen atoms in total. The Kier molecular flexibility index (Phi) is 7.62. The summed E-state index contributed by atoms with van der Waals surface area (Å²) >= 11 is 0. The molecule has 0 saturated heterocycles. The number of aromatic nitrogens is 1. The van der Waals surface area contributed by atoms with Crippen molar-refractivity contribution in [2.75, 3.05) is 7.11 Å². The van der Waals surface area contributed by atoms with Gasteiger partial charge in [-0.15, -0.1) is 0 Å². The number of benzene rings is 2. The first-order valence-corrected chi connectivity index (χ1v) is 11.6. The van der Waals surface area contributed by atoms with E-state index in [1.54, 1.807) is 19.3 Å². The summed E-state index contributed by atoms with van der Waals surface area (Å²) in [4.78, 5) is 26.1. The molecule has 33 heavy (non-hydrogen) atoms. The molecule has 0 radical (unpaired) electrons. The molecule has 2 N–H and O–H groups in total. The van der Waals surface area contributed by atoms with Crippen LogP contribution in [0.25, 0.3) is 10.8 Å². The van der Waals surface area contributed by atoms with E-state index in [4.69, 9.17) is 14.6 Å². The molecular formula is C23H24N2O7S. The summed E-state index contributed by atoms with van der Waals surface area (Å²) in [6, 6.07) is 10.5. The van der Waals surface area contributed by atoms with Crippen LogP contribution in [0, 0.1) is 0 Å². The number of carboxylic acids is 1. The first-order valence-electron chi connectivity index (χ1n) is 10.1. The SMILES string of the molecule is COc1ccc(S(=O)(=O)NC(C=O)CC(=O)O)c(OC(C)Cc2cncc3ccccc23)c1. The molecule has 3 rings (SSSR count). The van der Waals surface area contributed by atoms with Gasteiger partial charge in [-0.05, 0) is 30.0 Å². The Morgan fingerprint density at radius 2 is 1.97 bits per heavy atom. The van der Waals surface area contributed by atoms with Crippen molar-refractivity contribution >= 4 is 33.1 Å². The first kappa shape index (κ1) is 24.1. The monoisotopic (exact) mass is 472 g/mol. The van der Waals surface area contributed by atoms with Crippen molar-refractivity contribution in [2.45, 2.75) is 36.8 Å². The fourth-order valence-electron chi connectivity index (χ4n) is 3.41. The van der Waals surface area contributed by atoms with Gasteiger partial charge in [0.25, 0.3) is 0 Å². The van der Waals surface area contributed by atoms with E-state index in [1.807, 2.05) is 24.3 Å². The molecule has 3 aromatic rings. The van der Waals surface area contributed by atoms with E-state index >= 15 is 0 Å². The number of hydrogen-bond donors (Lipinski definition) is 2. The molecule has 0 aliphatic heterocycles. The van der Waals surface area contributed by atoms with Gasteiger partial charge in [-0.2, -0.15) is 0 Å². The number of hydrogen-bond acceptors (Lipinski definition) is 7. The highest BCUT2D eigenvalue weighted by Crippen LogP contribution is 2.30. The van der Waals surface area contributed by atoms with E-state index in [-0.39, 0.29) is 16.9 Å². The molecule has 2 unspecified atom stereocenters. The topological polar surface area (TPSA) is 132 Å². The second kappa shape index (κ2) is 10.4. The van der Waals surface area contributed by atoms with Crippen LogP contribution in [-0.2, 0) is 26.0 Å². The molecule has 0 aliphatic rings. The quantitative estimate of drug-likeness (QED) is 0.407. The van der Waals surface area contributed by atoms with Crippen LogP contribution in [-0.4, -0.2) is 50.0 Å². The smallest absolute Gasteiger partial charge is 0.305 e. The van der Waals surface area contributed by atoms with Crippen LogP contribution in [0.2, 0.25) is 0 Å². The Hall–Kier alpha value is -3.50. The zero-order chi connectivity index (χ0) is 24.0. The Bertz CT molecular complexity index is 1260. The van der Waals surface area contributed by atoms with Crippen LogP contribution in [0.15, 0.2) is 59.8 Å². The van der Waals surface area contributed by atoms with Crippen molar-refractivity contribution in [1.29, 1.82) is 0 Å². The molecule has 174 valence electrons. The van der Waals surface area contributed by atoms with Gasteiger partial charge in [0.15, 0.2) is 0 Å². The molecule has 1 aromatic heterocycles. The minimum atomic E-state index is -4.26. The third-order valence-corrected chi connectivity index (χ3v) is 6.42. The van der Waals surface area contributed by atoms with Crippen LogP contribution in [0.5, 0.6) is 11.5 Å². The molecule has 0 fully saturated rings. The number of rotatable bonds is 11. The number of aldehydes is 1. The van der Waals surface area contributed by atoms with Crippen LogP contribution >= 0.6 is 0 Å². The lowest BCUT2D eigenvalue weighted by Crippen LogP contribution is -2.37. The lowest BCUT2D eigenvalue weighted by atomic mass is 10.0. The molecule has 0 spiro atoms. The van der Waals surface area contributed by atoms with Crippen molar-refractivity contribution in [3.8, 4) is 11.5 Å². The van der Waals surface area contributed by atoms with Crippen LogP contribution in [0.4, 0.5) is 0 Å². The maximum atomic E-state index is 12.9.